The Morgan fingerprint density at radius 2 is 2.24 bits per heavy atom. The lowest BCUT2D eigenvalue weighted by Crippen LogP contribution is -2.12. The number of aromatic nitrogens is 2. The highest BCUT2D eigenvalue weighted by atomic mass is 32.2. The topological polar surface area (TPSA) is 72.9 Å². The number of aryl methyl sites for hydroxylation is 2. The van der Waals surface area contributed by atoms with Gasteiger partial charge in [0.05, 0.1) is 16.4 Å². The van der Waals surface area contributed by atoms with Crippen LogP contribution in [0.1, 0.15) is 12.1 Å². The van der Waals surface area contributed by atoms with E-state index in [0.717, 1.165) is 10.7 Å². The van der Waals surface area contributed by atoms with Gasteiger partial charge < -0.3 is 11.1 Å². The number of amides is 1. The number of carbonyl (C=O) groups is 1. The summed E-state index contributed by atoms with van der Waals surface area (Å²) in [5, 5.41) is 7.95. The number of nitrogens with one attached hydrogen (secondary N) is 1. The van der Waals surface area contributed by atoms with Crippen molar-refractivity contribution in [2.24, 2.45) is 7.05 Å². The van der Waals surface area contributed by atoms with Gasteiger partial charge >= 0.3 is 0 Å². The standard InChI is InChI=1S/C14H17FN4OS/c1-9-7-14(19(2)18-9)21-6-5-13(20)17-10-3-4-11(15)12(16)8-10/h3-4,7-8H,5-6,16H2,1-2H3,(H,17,20). The first-order valence-corrected chi connectivity index (χ1v) is 7.42. The fourth-order valence-electron chi connectivity index (χ4n) is 1.82. The number of halogens is 1. The summed E-state index contributed by atoms with van der Waals surface area (Å²) in [6.07, 6.45) is 0.353. The molecule has 0 saturated carbocycles. The average Bonchev–Trinajstić information content (AvgIpc) is 2.72. The van der Waals surface area contributed by atoms with E-state index in [1.165, 1.54) is 18.2 Å². The summed E-state index contributed by atoms with van der Waals surface area (Å²) in [4.78, 5) is 11.8. The SMILES string of the molecule is Cc1cc(SCCC(=O)Nc2ccc(F)c(N)c2)n(C)n1. The van der Waals surface area contributed by atoms with Crippen LogP contribution in [-0.4, -0.2) is 21.4 Å². The highest BCUT2D eigenvalue weighted by Gasteiger charge is 2.07. The van der Waals surface area contributed by atoms with Gasteiger partial charge in [0.1, 0.15) is 5.82 Å². The molecule has 7 heteroatoms. The van der Waals surface area contributed by atoms with E-state index in [1.54, 1.807) is 16.4 Å². The van der Waals surface area contributed by atoms with Crippen molar-refractivity contribution in [2.45, 2.75) is 18.4 Å². The van der Waals surface area contributed by atoms with E-state index in [1.807, 2.05) is 20.0 Å². The Bertz CT molecular complexity index is 656. The van der Waals surface area contributed by atoms with Gasteiger partial charge in [-0.25, -0.2) is 4.39 Å². The zero-order chi connectivity index (χ0) is 15.4. The minimum atomic E-state index is -0.491. The van der Waals surface area contributed by atoms with E-state index in [2.05, 4.69) is 10.4 Å². The van der Waals surface area contributed by atoms with Crippen molar-refractivity contribution in [2.75, 3.05) is 16.8 Å². The van der Waals surface area contributed by atoms with Crippen LogP contribution in [0.15, 0.2) is 29.3 Å². The van der Waals surface area contributed by atoms with Gasteiger partial charge in [-0.15, -0.1) is 11.8 Å². The number of anilines is 2. The molecule has 0 radical (unpaired) electrons. The molecule has 1 amide bonds. The zero-order valence-corrected chi connectivity index (χ0v) is 12.7. The van der Waals surface area contributed by atoms with Crippen LogP contribution in [0, 0.1) is 12.7 Å². The Morgan fingerprint density at radius 1 is 1.48 bits per heavy atom. The van der Waals surface area contributed by atoms with Gasteiger partial charge in [0, 0.05) is 24.9 Å². The van der Waals surface area contributed by atoms with E-state index in [9.17, 15) is 9.18 Å². The molecule has 0 aliphatic rings. The van der Waals surface area contributed by atoms with Crippen molar-refractivity contribution in [1.29, 1.82) is 0 Å². The van der Waals surface area contributed by atoms with Crippen LogP contribution in [0.5, 0.6) is 0 Å². The van der Waals surface area contributed by atoms with Crippen LogP contribution in [0.4, 0.5) is 15.8 Å². The first kappa shape index (κ1) is 15.4. The molecule has 3 N–H and O–H groups in total. The Kier molecular flexibility index (Phi) is 4.85. The maximum Gasteiger partial charge on any atom is 0.225 e. The molecular formula is C14H17FN4OS. The summed E-state index contributed by atoms with van der Waals surface area (Å²) in [5.74, 6) is 0.0177. The molecule has 0 unspecified atom stereocenters. The highest BCUT2D eigenvalue weighted by molar-refractivity contribution is 7.99. The minimum Gasteiger partial charge on any atom is -0.396 e. The molecule has 112 valence electrons. The average molecular weight is 308 g/mol. The molecule has 2 rings (SSSR count). The third-order valence-electron chi connectivity index (χ3n) is 2.82. The van der Waals surface area contributed by atoms with Crippen molar-refractivity contribution in [3.05, 3.63) is 35.8 Å². The van der Waals surface area contributed by atoms with E-state index in [-0.39, 0.29) is 11.6 Å². The first-order valence-electron chi connectivity index (χ1n) is 6.44. The molecule has 2 aromatic rings. The lowest BCUT2D eigenvalue weighted by atomic mass is 10.2. The second-order valence-electron chi connectivity index (χ2n) is 4.63. The summed E-state index contributed by atoms with van der Waals surface area (Å²) in [5.41, 5.74) is 6.92. The number of rotatable bonds is 5. The molecule has 0 saturated heterocycles. The van der Waals surface area contributed by atoms with Crippen LogP contribution in [-0.2, 0) is 11.8 Å². The van der Waals surface area contributed by atoms with Gasteiger partial charge in [0.2, 0.25) is 5.91 Å². The summed E-state index contributed by atoms with van der Waals surface area (Å²) >= 11 is 1.57. The van der Waals surface area contributed by atoms with Crippen molar-refractivity contribution >= 4 is 29.0 Å². The van der Waals surface area contributed by atoms with Crippen LogP contribution in [0.3, 0.4) is 0 Å². The summed E-state index contributed by atoms with van der Waals surface area (Å²) in [6, 6.07) is 6.10. The Balaban J connectivity index is 1.82. The van der Waals surface area contributed by atoms with E-state index in [4.69, 9.17) is 5.73 Å². The second-order valence-corrected chi connectivity index (χ2v) is 5.75. The predicted octanol–water partition coefficient (Wildman–Crippen LogP) is 2.57. The molecule has 0 spiro atoms. The number of thioether (sulfide) groups is 1. The minimum absolute atomic E-state index is 0.0209. The number of nitrogen functional groups attached to an aromatic ring is 1. The summed E-state index contributed by atoms with van der Waals surface area (Å²) < 4.78 is 14.8. The molecule has 0 aliphatic heterocycles. The molecule has 0 bridgehead atoms. The van der Waals surface area contributed by atoms with Gasteiger partial charge in [-0.05, 0) is 31.2 Å². The molecule has 1 heterocycles. The quantitative estimate of drug-likeness (QED) is 0.658. The lowest BCUT2D eigenvalue weighted by molar-refractivity contribution is -0.115. The van der Waals surface area contributed by atoms with Gasteiger partial charge in [-0.2, -0.15) is 5.10 Å². The summed E-state index contributed by atoms with van der Waals surface area (Å²) in [7, 11) is 1.87. The number of hydrogen-bond acceptors (Lipinski definition) is 4. The van der Waals surface area contributed by atoms with Crippen molar-refractivity contribution in [3.8, 4) is 0 Å². The van der Waals surface area contributed by atoms with Gasteiger partial charge in [0.25, 0.3) is 0 Å². The van der Waals surface area contributed by atoms with Gasteiger partial charge in [-0.1, -0.05) is 0 Å². The van der Waals surface area contributed by atoms with E-state index < -0.39 is 5.82 Å². The number of nitrogens with two attached hydrogens (primary N) is 1. The Labute approximate surface area is 126 Å². The van der Waals surface area contributed by atoms with Gasteiger partial charge in [-0.3, -0.25) is 9.48 Å². The maximum atomic E-state index is 13.0. The molecule has 21 heavy (non-hydrogen) atoms. The van der Waals surface area contributed by atoms with Crippen LogP contribution >= 0.6 is 11.8 Å². The summed E-state index contributed by atoms with van der Waals surface area (Å²) in [6.45, 7) is 1.93. The Morgan fingerprint density at radius 3 is 2.86 bits per heavy atom. The number of carbonyl (C=O) groups excluding carboxylic acids is 1. The maximum absolute atomic E-state index is 13.0. The molecule has 0 atom stereocenters. The second kappa shape index (κ2) is 6.62. The zero-order valence-electron chi connectivity index (χ0n) is 11.9. The van der Waals surface area contributed by atoms with Crippen molar-refractivity contribution in [3.63, 3.8) is 0 Å². The predicted molar refractivity (Wildman–Crippen MR) is 82.7 cm³/mol. The van der Waals surface area contributed by atoms with Crippen molar-refractivity contribution in [1.82, 2.24) is 9.78 Å². The highest BCUT2D eigenvalue weighted by Crippen LogP contribution is 2.20. The molecule has 5 nitrogen and oxygen atoms in total. The third-order valence-corrected chi connectivity index (χ3v) is 3.90. The molecule has 0 aliphatic carbocycles. The molecule has 1 aromatic heterocycles. The number of nitrogens with zero attached hydrogens (tertiary/aromatic N) is 2. The normalized spacial score (nSPS) is 10.6. The van der Waals surface area contributed by atoms with Crippen molar-refractivity contribution < 1.29 is 9.18 Å². The first-order chi connectivity index (χ1) is 9.95. The molecular weight excluding hydrogens is 291 g/mol. The van der Waals surface area contributed by atoms with Crippen LogP contribution in [0.2, 0.25) is 0 Å². The molecule has 0 fully saturated rings. The Hall–Kier alpha value is -2.02. The lowest BCUT2D eigenvalue weighted by Gasteiger charge is -2.06. The fourth-order valence-corrected chi connectivity index (χ4v) is 2.79. The third kappa shape index (κ3) is 4.22. The van der Waals surface area contributed by atoms with Crippen LogP contribution < -0.4 is 11.1 Å². The number of hydrogen-bond donors (Lipinski definition) is 2. The van der Waals surface area contributed by atoms with E-state index >= 15 is 0 Å². The number of benzene rings is 1. The largest absolute Gasteiger partial charge is 0.396 e. The van der Waals surface area contributed by atoms with Crippen LogP contribution in [0.25, 0.3) is 0 Å². The van der Waals surface area contributed by atoms with E-state index in [0.29, 0.717) is 17.9 Å². The smallest absolute Gasteiger partial charge is 0.225 e. The molecule has 1 aromatic carbocycles. The van der Waals surface area contributed by atoms with Gasteiger partial charge in [0.15, 0.2) is 0 Å². The monoisotopic (exact) mass is 308 g/mol. The fraction of sp³-hybridized carbons (Fsp3) is 0.286.